The van der Waals surface area contributed by atoms with Crippen molar-refractivity contribution in [1.29, 1.82) is 0 Å². The summed E-state index contributed by atoms with van der Waals surface area (Å²) in [7, 11) is 0. The van der Waals surface area contributed by atoms with Crippen molar-refractivity contribution in [2.45, 2.75) is 11.2 Å². The van der Waals surface area contributed by atoms with Gasteiger partial charge in [-0.05, 0) is 18.6 Å². The van der Waals surface area contributed by atoms with E-state index in [0.29, 0.717) is 22.9 Å². The van der Waals surface area contributed by atoms with Crippen LogP contribution >= 0.6 is 15.9 Å². The first-order chi connectivity index (χ1) is 6.77. The zero-order valence-electron chi connectivity index (χ0n) is 7.65. The summed E-state index contributed by atoms with van der Waals surface area (Å²) in [6, 6.07) is 9.08. The smallest absolute Gasteiger partial charge is 0.338 e. The monoisotopic (exact) mass is 254 g/mol. The summed E-state index contributed by atoms with van der Waals surface area (Å²) in [4.78, 5) is 12.0. The van der Waals surface area contributed by atoms with Gasteiger partial charge in [0.25, 0.3) is 0 Å². The maximum absolute atomic E-state index is 11.4. The van der Waals surface area contributed by atoms with Gasteiger partial charge < -0.3 is 4.74 Å². The first-order valence-corrected chi connectivity index (χ1v) is 5.55. The third-order valence-corrected chi connectivity index (χ3v) is 3.40. The van der Waals surface area contributed by atoms with Gasteiger partial charge in [0, 0.05) is 10.7 Å². The molecule has 1 fully saturated rings. The highest BCUT2D eigenvalue weighted by Gasteiger charge is 2.35. The topological polar surface area (TPSA) is 26.3 Å². The van der Waals surface area contributed by atoms with Crippen molar-refractivity contribution in [2.24, 2.45) is 5.92 Å². The van der Waals surface area contributed by atoms with Gasteiger partial charge in [-0.3, -0.25) is 0 Å². The minimum absolute atomic E-state index is 0.225. The highest BCUT2D eigenvalue weighted by molar-refractivity contribution is 9.09. The van der Waals surface area contributed by atoms with E-state index in [-0.39, 0.29) is 5.97 Å². The third kappa shape index (κ3) is 2.35. The summed E-state index contributed by atoms with van der Waals surface area (Å²) in [5.41, 5.74) is 0.624. The highest BCUT2D eigenvalue weighted by atomic mass is 79.9. The zero-order valence-corrected chi connectivity index (χ0v) is 9.24. The van der Waals surface area contributed by atoms with Crippen LogP contribution in [0.3, 0.4) is 0 Å². The molecule has 14 heavy (non-hydrogen) atoms. The predicted molar refractivity (Wildman–Crippen MR) is 57.5 cm³/mol. The maximum Gasteiger partial charge on any atom is 0.338 e. The van der Waals surface area contributed by atoms with Crippen LogP contribution in [0, 0.1) is 5.92 Å². The Balaban J connectivity index is 1.84. The number of hydrogen-bond acceptors (Lipinski definition) is 2. The van der Waals surface area contributed by atoms with Gasteiger partial charge in [0.2, 0.25) is 0 Å². The molecule has 2 nitrogen and oxygen atoms in total. The van der Waals surface area contributed by atoms with Crippen LogP contribution in [0.15, 0.2) is 30.3 Å². The van der Waals surface area contributed by atoms with E-state index in [1.807, 2.05) is 18.2 Å². The second-order valence-electron chi connectivity index (χ2n) is 3.48. The van der Waals surface area contributed by atoms with Crippen LogP contribution in [0.2, 0.25) is 0 Å². The van der Waals surface area contributed by atoms with Crippen molar-refractivity contribution in [3.8, 4) is 0 Å². The average Bonchev–Trinajstić information content (AvgIpc) is 2.92. The molecule has 0 saturated heterocycles. The Hall–Kier alpha value is -0.830. The van der Waals surface area contributed by atoms with Gasteiger partial charge >= 0.3 is 5.97 Å². The quantitative estimate of drug-likeness (QED) is 0.613. The molecule has 0 heterocycles. The lowest BCUT2D eigenvalue weighted by atomic mass is 10.2. The van der Waals surface area contributed by atoms with Crippen molar-refractivity contribution in [2.75, 3.05) is 6.61 Å². The number of carbonyl (C=O) groups excluding carboxylic acids is 1. The number of esters is 1. The lowest BCUT2D eigenvalue weighted by Crippen LogP contribution is -2.07. The molecule has 3 heteroatoms. The van der Waals surface area contributed by atoms with Crippen LogP contribution in [0.4, 0.5) is 0 Å². The molecule has 0 bridgehead atoms. The van der Waals surface area contributed by atoms with Gasteiger partial charge in [0.1, 0.15) is 0 Å². The Morgan fingerprint density at radius 2 is 2.07 bits per heavy atom. The van der Waals surface area contributed by atoms with Crippen LogP contribution in [0.25, 0.3) is 0 Å². The molecule has 0 N–H and O–H groups in total. The Bertz CT molecular complexity index is 323. The minimum Gasteiger partial charge on any atom is -0.462 e. The summed E-state index contributed by atoms with van der Waals surface area (Å²) in [6.07, 6.45) is 1.11. The molecular formula is C11H11BrO2. The van der Waals surface area contributed by atoms with E-state index in [1.54, 1.807) is 12.1 Å². The molecule has 0 aromatic heterocycles. The van der Waals surface area contributed by atoms with Crippen molar-refractivity contribution < 1.29 is 9.53 Å². The molecule has 0 spiro atoms. The van der Waals surface area contributed by atoms with Crippen LogP contribution in [-0.4, -0.2) is 17.4 Å². The van der Waals surface area contributed by atoms with Crippen molar-refractivity contribution >= 4 is 21.9 Å². The van der Waals surface area contributed by atoms with Crippen LogP contribution in [0.5, 0.6) is 0 Å². The Morgan fingerprint density at radius 1 is 1.43 bits per heavy atom. The standard InChI is InChI=1S/C11H11BrO2/c12-10-6-9(10)7-14-11(13)8-4-2-1-3-5-8/h1-5,9-10H,6-7H2/t9-,10+/m0/s1. The molecule has 1 aromatic carbocycles. The molecular weight excluding hydrogens is 244 g/mol. The molecule has 74 valence electrons. The van der Waals surface area contributed by atoms with Gasteiger partial charge in [-0.1, -0.05) is 34.1 Å². The number of halogens is 1. The fourth-order valence-corrected chi connectivity index (χ4v) is 1.86. The molecule has 0 amide bonds. The van der Waals surface area contributed by atoms with Crippen molar-refractivity contribution in [3.63, 3.8) is 0 Å². The fourth-order valence-electron chi connectivity index (χ4n) is 1.22. The highest BCUT2D eigenvalue weighted by Crippen LogP contribution is 2.37. The van der Waals surface area contributed by atoms with E-state index in [9.17, 15) is 4.79 Å². The normalized spacial score (nSPS) is 24.4. The Morgan fingerprint density at radius 3 is 2.64 bits per heavy atom. The summed E-state index contributed by atoms with van der Waals surface area (Å²) in [5.74, 6) is 0.292. The number of hydrogen-bond donors (Lipinski definition) is 0. The van der Waals surface area contributed by atoms with Crippen molar-refractivity contribution in [1.82, 2.24) is 0 Å². The summed E-state index contributed by atoms with van der Waals surface area (Å²) in [6.45, 7) is 0.531. The van der Waals surface area contributed by atoms with E-state index in [0.717, 1.165) is 6.42 Å². The van der Waals surface area contributed by atoms with Gasteiger partial charge in [0.05, 0.1) is 12.2 Å². The number of carbonyl (C=O) groups is 1. The van der Waals surface area contributed by atoms with Gasteiger partial charge in [-0.2, -0.15) is 0 Å². The molecule has 1 aliphatic carbocycles. The lowest BCUT2D eigenvalue weighted by Gasteiger charge is -2.02. The van der Waals surface area contributed by atoms with E-state index in [1.165, 1.54) is 0 Å². The average molecular weight is 255 g/mol. The number of ether oxygens (including phenoxy) is 1. The van der Waals surface area contributed by atoms with Crippen LogP contribution in [0.1, 0.15) is 16.8 Å². The van der Waals surface area contributed by atoms with Gasteiger partial charge in [-0.15, -0.1) is 0 Å². The second-order valence-corrected chi connectivity index (χ2v) is 4.65. The zero-order chi connectivity index (χ0) is 9.97. The fraction of sp³-hybridized carbons (Fsp3) is 0.364. The number of alkyl halides is 1. The summed E-state index contributed by atoms with van der Waals surface area (Å²) in [5, 5.41) is 0. The van der Waals surface area contributed by atoms with Gasteiger partial charge in [0.15, 0.2) is 0 Å². The molecule has 1 aromatic rings. The van der Waals surface area contributed by atoms with Crippen molar-refractivity contribution in [3.05, 3.63) is 35.9 Å². The van der Waals surface area contributed by atoms with E-state index < -0.39 is 0 Å². The lowest BCUT2D eigenvalue weighted by molar-refractivity contribution is 0.0487. The third-order valence-electron chi connectivity index (χ3n) is 2.27. The molecule has 2 atom stereocenters. The van der Waals surface area contributed by atoms with Crippen LogP contribution in [-0.2, 0) is 4.74 Å². The largest absolute Gasteiger partial charge is 0.462 e. The Labute approximate surface area is 91.4 Å². The molecule has 0 unspecified atom stereocenters. The van der Waals surface area contributed by atoms with E-state index >= 15 is 0 Å². The molecule has 1 aliphatic rings. The van der Waals surface area contributed by atoms with E-state index in [2.05, 4.69) is 15.9 Å². The number of rotatable bonds is 3. The summed E-state index contributed by atoms with van der Waals surface area (Å²) >= 11 is 3.46. The first-order valence-electron chi connectivity index (χ1n) is 4.63. The van der Waals surface area contributed by atoms with E-state index in [4.69, 9.17) is 4.74 Å². The molecule has 0 aliphatic heterocycles. The second kappa shape index (κ2) is 4.13. The predicted octanol–water partition coefficient (Wildman–Crippen LogP) is 2.63. The SMILES string of the molecule is O=C(OC[C@@H]1C[C@H]1Br)c1ccccc1. The number of benzene rings is 1. The maximum atomic E-state index is 11.4. The summed E-state index contributed by atoms with van der Waals surface area (Å²) < 4.78 is 5.15. The van der Waals surface area contributed by atoms with Crippen LogP contribution < -0.4 is 0 Å². The molecule has 2 rings (SSSR count). The minimum atomic E-state index is -0.225. The molecule has 0 radical (unpaired) electrons. The Kier molecular flexibility index (Phi) is 2.87. The van der Waals surface area contributed by atoms with Gasteiger partial charge in [-0.25, -0.2) is 4.79 Å². The first kappa shape index (κ1) is 9.71. The molecule has 1 saturated carbocycles.